The summed E-state index contributed by atoms with van der Waals surface area (Å²) in [5, 5.41) is 4.09. The van der Waals surface area contributed by atoms with Gasteiger partial charge in [-0.15, -0.1) is 0 Å². The number of pyridine rings is 2. The second kappa shape index (κ2) is 9.63. The summed E-state index contributed by atoms with van der Waals surface area (Å²) in [5.41, 5.74) is 4.22. The van der Waals surface area contributed by atoms with E-state index in [0.717, 1.165) is 24.2 Å². The maximum atomic E-state index is 11.7. The van der Waals surface area contributed by atoms with Gasteiger partial charge in [0.25, 0.3) is 0 Å². The Kier molecular flexibility index (Phi) is 7.78. The average molecular weight is 319 g/mol. The van der Waals surface area contributed by atoms with E-state index in [1.807, 2.05) is 49.6 Å². The lowest BCUT2D eigenvalue weighted by Crippen LogP contribution is -3.00. The standard InChI is InChI=1S/C16H18N4O.ClH/c1-14(15-7-5-9-17-13-15)18-19-16(21)8-6-12-20-10-3-2-4-11-20;/h2-5,7,9-11,13H,6,8,12H2,1H3;1H. The molecule has 0 radical (unpaired) electrons. The Bertz CT molecular complexity index is 602. The zero-order valence-corrected chi connectivity index (χ0v) is 13.2. The number of carbonyl (C=O) groups is 1. The Labute approximate surface area is 136 Å². The molecule has 116 valence electrons. The first-order valence-corrected chi connectivity index (χ1v) is 6.93. The van der Waals surface area contributed by atoms with Crippen LogP contribution in [0.2, 0.25) is 0 Å². The van der Waals surface area contributed by atoms with Crippen LogP contribution in [-0.2, 0) is 11.3 Å². The van der Waals surface area contributed by atoms with Crippen molar-refractivity contribution in [3.8, 4) is 0 Å². The van der Waals surface area contributed by atoms with E-state index >= 15 is 0 Å². The third-order valence-corrected chi connectivity index (χ3v) is 3.03. The number of amides is 1. The number of halogens is 1. The van der Waals surface area contributed by atoms with Crippen LogP contribution in [0.5, 0.6) is 0 Å². The molecule has 0 saturated heterocycles. The van der Waals surface area contributed by atoms with Crippen LogP contribution in [0, 0.1) is 0 Å². The van der Waals surface area contributed by atoms with Crippen molar-refractivity contribution in [2.75, 3.05) is 0 Å². The summed E-state index contributed by atoms with van der Waals surface area (Å²) >= 11 is 0. The molecule has 0 aliphatic carbocycles. The molecule has 0 spiro atoms. The SMILES string of the molecule is CC(=NNC(=O)CCC[n+]1ccccc1)c1cccnc1.[Cl-]. The fourth-order valence-corrected chi connectivity index (χ4v) is 1.85. The third kappa shape index (κ3) is 6.01. The fourth-order valence-electron chi connectivity index (χ4n) is 1.85. The number of aryl methyl sites for hydroxylation is 1. The molecular weight excluding hydrogens is 300 g/mol. The van der Waals surface area contributed by atoms with Crippen molar-refractivity contribution >= 4 is 11.6 Å². The van der Waals surface area contributed by atoms with Crippen LogP contribution in [0.1, 0.15) is 25.3 Å². The van der Waals surface area contributed by atoms with Gasteiger partial charge < -0.3 is 12.4 Å². The van der Waals surface area contributed by atoms with Gasteiger partial charge in [-0.25, -0.2) is 9.99 Å². The minimum absolute atomic E-state index is 0. The Hall–Kier alpha value is -2.27. The smallest absolute Gasteiger partial charge is 0.240 e. The molecule has 2 rings (SSSR count). The zero-order valence-electron chi connectivity index (χ0n) is 12.4. The lowest BCUT2D eigenvalue weighted by Gasteiger charge is -2.02. The van der Waals surface area contributed by atoms with Gasteiger partial charge in [-0.05, 0) is 13.0 Å². The van der Waals surface area contributed by atoms with Crippen molar-refractivity contribution < 1.29 is 21.8 Å². The van der Waals surface area contributed by atoms with E-state index in [0.29, 0.717) is 6.42 Å². The van der Waals surface area contributed by atoms with Crippen LogP contribution in [-0.4, -0.2) is 16.6 Å². The summed E-state index contributed by atoms with van der Waals surface area (Å²) in [7, 11) is 0. The molecule has 5 nitrogen and oxygen atoms in total. The Morgan fingerprint density at radius 3 is 2.73 bits per heavy atom. The molecule has 2 aromatic rings. The van der Waals surface area contributed by atoms with Crippen molar-refractivity contribution in [3.63, 3.8) is 0 Å². The van der Waals surface area contributed by atoms with Crippen LogP contribution in [0.4, 0.5) is 0 Å². The number of aromatic nitrogens is 2. The quantitative estimate of drug-likeness (QED) is 0.409. The maximum absolute atomic E-state index is 11.7. The highest BCUT2D eigenvalue weighted by Crippen LogP contribution is 1.98. The number of rotatable bonds is 6. The third-order valence-electron chi connectivity index (χ3n) is 3.03. The number of nitrogens with zero attached hydrogens (tertiary/aromatic N) is 3. The van der Waals surface area contributed by atoms with Crippen molar-refractivity contribution in [1.82, 2.24) is 10.4 Å². The van der Waals surface area contributed by atoms with Crippen LogP contribution in [0.15, 0.2) is 60.2 Å². The summed E-state index contributed by atoms with van der Waals surface area (Å²) in [6, 6.07) is 9.67. The number of nitrogens with one attached hydrogen (secondary N) is 1. The lowest BCUT2D eigenvalue weighted by molar-refractivity contribution is -0.697. The molecule has 1 amide bonds. The first-order valence-electron chi connectivity index (χ1n) is 6.93. The predicted octanol–water partition coefficient (Wildman–Crippen LogP) is -1.31. The van der Waals surface area contributed by atoms with Crippen LogP contribution >= 0.6 is 0 Å². The van der Waals surface area contributed by atoms with E-state index in [4.69, 9.17) is 0 Å². The first-order chi connectivity index (χ1) is 10.3. The van der Waals surface area contributed by atoms with E-state index in [1.165, 1.54) is 0 Å². The molecule has 2 heterocycles. The maximum Gasteiger partial charge on any atom is 0.240 e. The molecule has 1 N–H and O–H groups in total. The molecule has 0 unspecified atom stereocenters. The molecule has 0 aliphatic heterocycles. The van der Waals surface area contributed by atoms with Crippen molar-refractivity contribution in [2.45, 2.75) is 26.3 Å². The molecular formula is C16H19ClN4O. The van der Waals surface area contributed by atoms with Gasteiger partial charge in [-0.3, -0.25) is 9.78 Å². The predicted molar refractivity (Wildman–Crippen MR) is 80.5 cm³/mol. The molecule has 0 fully saturated rings. The molecule has 0 atom stereocenters. The number of carbonyl (C=O) groups excluding carboxylic acids is 1. The fraction of sp³-hybridized carbons (Fsp3) is 0.250. The van der Waals surface area contributed by atoms with E-state index in [-0.39, 0.29) is 18.3 Å². The van der Waals surface area contributed by atoms with Gasteiger partial charge in [0, 0.05) is 42.9 Å². The normalized spacial score (nSPS) is 10.7. The van der Waals surface area contributed by atoms with Gasteiger partial charge in [0.05, 0.1) is 5.71 Å². The molecule has 22 heavy (non-hydrogen) atoms. The minimum atomic E-state index is -0.0743. The Morgan fingerprint density at radius 1 is 1.27 bits per heavy atom. The van der Waals surface area contributed by atoms with E-state index in [1.54, 1.807) is 12.4 Å². The highest BCUT2D eigenvalue weighted by molar-refractivity contribution is 5.98. The van der Waals surface area contributed by atoms with Crippen molar-refractivity contribution in [2.24, 2.45) is 5.10 Å². The second-order valence-electron chi connectivity index (χ2n) is 4.69. The largest absolute Gasteiger partial charge is 1.00 e. The minimum Gasteiger partial charge on any atom is -1.00 e. The summed E-state index contributed by atoms with van der Waals surface area (Å²) in [5.74, 6) is -0.0743. The highest BCUT2D eigenvalue weighted by atomic mass is 35.5. The number of hydrogen-bond donors (Lipinski definition) is 1. The molecule has 6 heteroatoms. The summed E-state index contributed by atoms with van der Waals surface area (Å²) in [6.45, 7) is 2.66. The summed E-state index contributed by atoms with van der Waals surface area (Å²) in [4.78, 5) is 15.7. The lowest BCUT2D eigenvalue weighted by atomic mass is 10.2. The highest BCUT2D eigenvalue weighted by Gasteiger charge is 2.04. The van der Waals surface area contributed by atoms with Gasteiger partial charge in [0.15, 0.2) is 12.4 Å². The summed E-state index contributed by atoms with van der Waals surface area (Å²) < 4.78 is 2.05. The van der Waals surface area contributed by atoms with E-state index < -0.39 is 0 Å². The van der Waals surface area contributed by atoms with Crippen LogP contribution < -0.4 is 22.4 Å². The van der Waals surface area contributed by atoms with Crippen molar-refractivity contribution in [3.05, 3.63) is 60.7 Å². The number of hydrazone groups is 1. The topological polar surface area (TPSA) is 58.2 Å². The zero-order chi connectivity index (χ0) is 14.9. The Morgan fingerprint density at radius 2 is 2.05 bits per heavy atom. The van der Waals surface area contributed by atoms with Gasteiger partial charge in [0.1, 0.15) is 6.54 Å². The molecule has 0 aromatic carbocycles. The van der Waals surface area contributed by atoms with Gasteiger partial charge >= 0.3 is 0 Å². The monoisotopic (exact) mass is 318 g/mol. The van der Waals surface area contributed by atoms with Gasteiger partial charge in [-0.1, -0.05) is 12.1 Å². The van der Waals surface area contributed by atoms with E-state index in [2.05, 4.69) is 20.1 Å². The van der Waals surface area contributed by atoms with Crippen LogP contribution in [0.3, 0.4) is 0 Å². The first kappa shape index (κ1) is 17.8. The van der Waals surface area contributed by atoms with Gasteiger partial charge in [-0.2, -0.15) is 5.10 Å². The van der Waals surface area contributed by atoms with Crippen molar-refractivity contribution in [1.29, 1.82) is 0 Å². The van der Waals surface area contributed by atoms with E-state index in [9.17, 15) is 4.79 Å². The molecule has 0 saturated carbocycles. The second-order valence-corrected chi connectivity index (χ2v) is 4.69. The van der Waals surface area contributed by atoms with Gasteiger partial charge in [0.2, 0.25) is 5.91 Å². The Balaban J connectivity index is 0.00000242. The molecule has 2 aromatic heterocycles. The van der Waals surface area contributed by atoms with Crippen LogP contribution in [0.25, 0.3) is 0 Å². The average Bonchev–Trinajstić information content (AvgIpc) is 2.54. The molecule has 0 bridgehead atoms. The number of hydrogen-bond acceptors (Lipinski definition) is 3. The molecule has 0 aliphatic rings. The summed E-state index contributed by atoms with van der Waals surface area (Å²) in [6.07, 6.45) is 8.63.